The van der Waals surface area contributed by atoms with Gasteiger partial charge in [0.15, 0.2) is 0 Å². The summed E-state index contributed by atoms with van der Waals surface area (Å²) in [5, 5.41) is 9.04. The highest BCUT2D eigenvalue weighted by molar-refractivity contribution is 5.36. The fraction of sp³-hybridized carbons (Fsp3) is 0.625. The molecule has 20 heavy (non-hydrogen) atoms. The third kappa shape index (κ3) is 3.32. The molecular weight excluding hydrogens is 252 g/mol. The molecule has 3 N–H and O–H groups in total. The molecule has 4 heteroatoms. The summed E-state index contributed by atoms with van der Waals surface area (Å²) >= 11 is 0. The highest BCUT2D eigenvalue weighted by Gasteiger charge is 2.31. The van der Waals surface area contributed by atoms with Gasteiger partial charge in [-0.25, -0.2) is 0 Å². The summed E-state index contributed by atoms with van der Waals surface area (Å²) < 4.78 is 5.48. The van der Waals surface area contributed by atoms with Gasteiger partial charge in [0.2, 0.25) is 0 Å². The van der Waals surface area contributed by atoms with E-state index in [1.54, 1.807) is 7.11 Å². The number of nitrogens with zero attached hydrogens (tertiary/aromatic N) is 1. The number of para-hydroxylation sites is 1. The first-order valence-electron chi connectivity index (χ1n) is 7.51. The molecule has 0 radical (unpaired) electrons. The molecule has 0 aromatic heterocycles. The standard InChI is InChI=1S/C16H26N2O2/c1-20-16-9-3-2-8-14(16)15(12-17)18-10-4-6-13(18)7-5-11-19/h2-3,8-9,13,15,19H,4-7,10-12,17H2,1H3. The number of hydrogen-bond acceptors (Lipinski definition) is 4. The van der Waals surface area contributed by atoms with Crippen LogP contribution in [0.3, 0.4) is 0 Å². The van der Waals surface area contributed by atoms with E-state index in [2.05, 4.69) is 11.0 Å². The summed E-state index contributed by atoms with van der Waals surface area (Å²) in [7, 11) is 1.71. The molecule has 112 valence electrons. The van der Waals surface area contributed by atoms with E-state index in [1.807, 2.05) is 18.2 Å². The molecule has 0 spiro atoms. The predicted molar refractivity (Wildman–Crippen MR) is 80.8 cm³/mol. The van der Waals surface area contributed by atoms with Gasteiger partial charge in [0.1, 0.15) is 5.75 Å². The van der Waals surface area contributed by atoms with Crippen LogP contribution in [0, 0.1) is 0 Å². The van der Waals surface area contributed by atoms with Crippen molar-refractivity contribution in [2.24, 2.45) is 5.73 Å². The summed E-state index contributed by atoms with van der Waals surface area (Å²) in [5.41, 5.74) is 7.23. The van der Waals surface area contributed by atoms with Gasteiger partial charge in [0.25, 0.3) is 0 Å². The number of aliphatic hydroxyl groups excluding tert-OH is 1. The minimum absolute atomic E-state index is 0.206. The van der Waals surface area contributed by atoms with Crippen molar-refractivity contribution in [2.75, 3.05) is 26.8 Å². The lowest BCUT2D eigenvalue weighted by molar-refractivity contribution is 0.163. The topological polar surface area (TPSA) is 58.7 Å². The molecule has 2 rings (SSSR count). The second kappa shape index (κ2) is 7.62. The van der Waals surface area contributed by atoms with Crippen LogP contribution in [-0.4, -0.2) is 42.9 Å². The molecule has 0 aliphatic carbocycles. The van der Waals surface area contributed by atoms with E-state index >= 15 is 0 Å². The van der Waals surface area contributed by atoms with E-state index in [0.29, 0.717) is 12.6 Å². The van der Waals surface area contributed by atoms with Gasteiger partial charge >= 0.3 is 0 Å². The molecule has 1 aromatic carbocycles. The summed E-state index contributed by atoms with van der Waals surface area (Å²) in [5.74, 6) is 0.913. The van der Waals surface area contributed by atoms with Crippen molar-refractivity contribution in [2.45, 2.75) is 37.8 Å². The molecule has 2 unspecified atom stereocenters. The highest BCUT2D eigenvalue weighted by atomic mass is 16.5. The van der Waals surface area contributed by atoms with Crippen molar-refractivity contribution in [3.05, 3.63) is 29.8 Å². The van der Waals surface area contributed by atoms with Gasteiger partial charge < -0.3 is 15.6 Å². The minimum atomic E-state index is 0.206. The zero-order valence-electron chi connectivity index (χ0n) is 12.3. The van der Waals surface area contributed by atoms with Crippen LogP contribution >= 0.6 is 0 Å². The lowest BCUT2D eigenvalue weighted by Crippen LogP contribution is -2.37. The molecular formula is C16H26N2O2. The van der Waals surface area contributed by atoms with Gasteiger partial charge in [-0.15, -0.1) is 0 Å². The largest absolute Gasteiger partial charge is 0.496 e. The van der Waals surface area contributed by atoms with Crippen LogP contribution in [0.1, 0.15) is 37.3 Å². The molecule has 0 amide bonds. The molecule has 4 nitrogen and oxygen atoms in total. The number of hydrogen-bond donors (Lipinski definition) is 2. The Labute approximate surface area is 121 Å². The monoisotopic (exact) mass is 278 g/mol. The highest BCUT2D eigenvalue weighted by Crippen LogP contribution is 2.34. The summed E-state index contributed by atoms with van der Waals surface area (Å²) in [6, 6.07) is 8.87. The van der Waals surface area contributed by atoms with Crippen LogP contribution in [-0.2, 0) is 0 Å². The van der Waals surface area contributed by atoms with Crippen molar-refractivity contribution < 1.29 is 9.84 Å². The number of rotatable bonds is 7. The molecule has 1 fully saturated rings. The lowest BCUT2D eigenvalue weighted by Gasteiger charge is -2.33. The van der Waals surface area contributed by atoms with Crippen molar-refractivity contribution in [3.63, 3.8) is 0 Å². The van der Waals surface area contributed by atoms with E-state index in [1.165, 1.54) is 18.4 Å². The minimum Gasteiger partial charge on any atom is -0.496 e. The van der Waals surface area contributed by atoms with Crippen LogP contribution in [0.15, 0.2) is 24.3 Å². The molecule has 2 atom stereocenters. The van der Waals surface area contributed by atoms with E-state index < -0.39 is 0 Å². The second-order valence-corrected chi connectivity index (χ2v) is 5.39. The van der Waals surface area contributed by atoms with Crippen LogP contribution in [0.2, 0.25) is 0 Å². The van der Waals surface area contributed by atoms with Crippen LogP contribution in [0.4, 0.5) is 0 Å². The first kappa shape index (κ1) is 15.3. The van der Waals surface area contributed by atoms with Gasteiger partial charge in [-0.2, -0.15) is 0 Å². The number of ether oxygens (including phenoxy) is 1. The van der Waals surface area contributed by atoms with E-state index in [4.69, 9.17) is 15.6 Å². The number of likely N-dealkylation sites (tertiary alicyclic amines) is 1. The zero-order chi connectivity index (χ0) is 14.4. The Balaban J connectivity index is 2.18. The number of methoxy groups -OCH3 is 1. The Morgan fingerprint density at radius 3 is 2.95 bits per heavy atom. The van der Waals surface area contributed by atoms with Gasteiger partial charge in [-0.1, -0.05) is 18.2 Å². The molecule has 1 heterocycles. The van der Waals surface area contributed by atoms with Crippen LogP contribution in [0.5, 0.6) is 5.75 Å². The van der Waals surface area contributed by atoms with E-state index in [-0.39, 0.29) is 12.6 Å². The molecule has 1 saturated heterocycles. The van der Waals surface area contributed by atoms with E-state index in [9.17, 15) is 0 Å². The fourth-order valence-electron chi connectivity index (χ4n) is 3.29. The van der Waals surface area contributed by atoms with Crippen molar-refractivity contribution >= 4 is 0 Å². The van der Waals surface area contributed by atoms with Gasteiger partial charge in [0, 0.05) is 24.8 Å². The normalized spacial score (nSPS) is 21.1. The summed E-state index contributed by atoms with van der Waals surface area (Å²) in [6.45, 7) is 1.94. The first-order valence-corrected chi connectivity index (χ1v) is 7.51. The Bertz CT molecular complexity index is 411. The average molecular weight is 278 g/mol. The van der Waals surface area contributed by atoms with Crippen molar-refractivity contribution in [1.82, 2.24) is 4.90 Å². The Morgan fingerprint density at radius 2 is 2.25 bits per heavy atom. The Kier molecular flexibility index (Phi) is 5.83. The SMILES string of the molecule is COc1ccccc1C(CN)N1CCCC1CCCO. The molecule has 1 aliphatic heterocycles. The van der Waals surface area contributed by atoms with Crippen molar-refractivity contribution in [1.29, 1.82) is 0 Å². The van der Waals surface area contributed by atoms with Crippen molar-refractivity contribution in [3.8, 4) is 5.75 Å². The molecule has 1 aromatic rings. The van der Waals surface area contributed by atoms with Gasteiger partial charge in [-0.3, -0.25) is 4.90 Å². The maximum Gasteiger partial charge on any atom is 0.123 e. The number of aliphatic hydroxyl groups is 1. The second-order valence-electron chi connectivity index (χ2n) is 5.39. The maximum atomic E-state index is 9.04. The average Bonchev–Trinajstić information content (AvgIpc) is 2.95. The summed E-state index contributed by atoms with van der Waals surface area (Å²) in [6.07, 6.45) is 4.32. The van der Waals surface area contributed by atoms with Gasteiger partial charge in [-0.05, 0) is 38.3 Å². The first-order chi connectivity index (χ1) is 9.81. The van der Waals surface area contributed by atoms with Crippen LogP contribution < -0.4 is 10.5 Å². The predicted octanol–water partition coefficient (Wildman–Crippen LogP) is 1.93. The maximum absolute atomic E-state index is 9.04. The molecule has 0 saturated carbocycles. The zero-order valence-corrected chi connectivity index (χ0v) is 12.3. The Hall–Kier alpha value is -1.10. The number of nitrogens with two attached hydrogens (primary N) is 1. The quantitative estimate of drug-likeness (QED) is 0.800. The summed E-state index contributed by atoms with van der Waals surface area (Å²) in [4.78, 5) is 2.49. The van der Waals surface area contributed by atoms with Crippen LogP contribution in [0.25, 0.3) is 0 Å². The Morgan fingerprint density at radius 1 is 1.45 bits per heavy atom. The van der Waals surface area contributed by atoms with E-state index in [0.717, 1.165) is 25.1 Å². The molecule has 0 bridgehead atoms. The van der Waals surface area contributed by atoms with Gasteiger partial charge in [0.05, 0.1) is 13.2 Å². The lowest BCUT2D eigenvalue weighted by atomic mass is 10.0. The third-order valence-electron chi connectivity index (χ3n) is 4.24. The smallest absolute Gasteiger partial charge is 0.123 e. The number of benzene rings is 1. The third-order valence-corrected chi connectivity index (χ3v) is 4.24. The molecule has 1 aliphatic rings. The fourth-order valence-corrected chi connectivity index (χ4v) is 3.29.